The molecule has 0 unspecified atom stereocenters. The normalized spacial score (nSPS) is 13.6. The number of esters is 1. The topological polar surface area (TPSA) is 67.5 Å². The van der Waals surface area contributed by atoms with Crippen molar-refractivity contribution >= 4 is 27.6 Å². The number of fused-ring (bicyclic) bond motifs is 3. The van der Waals surface area contributed by atoms with Crippen LogP contribution in [0, 0.1) is 5.82 Å². The molecule has 5 aromatic rings. The minimum absolute atomic E-state index is 0.256. The fraction of sp³-hybridized carbons (Fsp3) is 0.371. The van der Waals surface area contributed by atoms with Crippen LogP contribution in [0.1, 0.15) is 60.5 Å². The molecule has 6 rings (SSSR count). The summed E-state index contributed by atoms with van der Waals surface area (Å²) in [6.45, 7) is 6.01. The Morgan fingerprint density at radius 3 is 2.70 bits per heavy atom. The quantitative estimate of drug-likeness (QED) is 0.141. The number of carbonyl (C=O) groups is 1. The average Bonchev–Trinajstić information content (AvgIpc) is 3.49. The molecule has 3 heterocycles. The molecule has 0 amide bonds. The maximum Gasteiger partial charge on any atom is 0.355 e. The van der Waals surface area contributed by atoms with E-state index in [9.17, 15) is 4.79 Å². The summed E-state index contributed by atoms with van der Waals surface area (Å²) >= 11 is 0. The highest BCUT2D eigenvalue weighted by atomic mass is 19.1. The van der Waals surface area contributed by atoms with Gasteiger partial charge in [0.2, 0.25) is 0 Å². The molecule has 3 aromatic carbocycles. The molecule has 7 nitrogen and oxygen atoms in total. The van der Waals surface area contributed by atoms with E-state index in [1.54, 1.807) is 0 Å². The fourth-order valence-corrected chi connectivity index (χ4v) is 6.45. The van der Waals surface area contributed by atoms with E-state index < -0.39 is 0 Å². The number of rotatable bonds is 8. The number of aryl methyl sites for hydroxylation is 3. The number of benzene rings is 3. The molecule has 2 aromatic heterocycles. The minimum Gasteiger partial charge on any atom is -0.493 e. The Labute approximate surface area is 251 Å². The SMILES string of the molecule is CCOC(=O)c1c(CCCOc2cccc3ccccc23)c2ccc(F)c3c2n1CCCCOCc1nn(C)c(CC)c1-3. The van der Waals surface area contributed by atoms with Crippen molar-refractivity contribution in [1.82, 2.24) is 14.3 Å². The first-order valence-corrected chi connectivity index (χ1v) is 15.3. The van der Waals surface area contributed by atoms with Gasteiger partial charge >= 0.3 is 5.97 Å². The third-order valence-electron chi connectivity index (χ3n) is 8.31. The number of halogens is 1. The number of aromatic nitrogens is 3. The summed E-state index contributed by atoms with van der Waals surface area (Å²) in [6.07, 6.45) is 3.52. The van der Waals surface area contributed by atoms with Crippen molar-refractivity contribution in [2.45, 2.75) is 59.1 Å². The van der Waals surface area contributed by atoms with Crippen LogP contribution < -0.4 is 4.74 Å². The van der Waals surface area contributed by atoms with Crippen LogP contribution in [0.2, 0.25) is 0 Å². The summed E-state index contributed by atoms with van der Waals surface area (Å²) in [5, 5.41) is 7.80. The Morgan fingerprint density at radius 2 is 1.86 bits per heavy atom. The lowest BCUT2D eigenvalue weighted by Gasteiger charge is -2.14. The van der Waals surface area contributed by atoms with Crippen molar-refractivity contribution in [3.05, 3.63) is 83.1 Å². The second-order valence-corrected chi connectivity index (χ2v) is 11.0. The molecule has 0 spiro atoms. The zero-order chi connectivity index (χ0) is 29.9. The van der Waals surface area contributed by atoms with Gasteiger partial charge in [0, 0.05) is 47.8 Å². The summed E-state index contributed by atoms with van der Waals surface area (Å²) in [7, 11) is 1.89. The summed E-state index contributed by atoms with van der Waals surface area (Å²) in [6, 6.07) is 17.5. The number of hydrogen-bond acceptors (Lipinski definition) is 5. The molecule has 0 saturated heterocycles. The van der Waals surface area contributed by atoms with Crippen LogP contribution in [0.4, 0.5) is 4.39 Å². The molecule has 0 N–H and O–H groups in total. The van der Waals surface area contributed by atoms with E-state index in [0.717, 1.165) is 57.1 Å². The Bertz CT molecular complexity index is 1780. The first kappa shape index (κ1) is 28.9. The van der Waals surface area contributed by atoms with Gasteiger partial charge in [0.1, 0.15) is 17.3 Å². The van der Waals surface area contributed by atoms with Crippen molar-refractivity contribution in [2.75, 3.05) is 19.8 Å². The number of ether oxygens (including phenoxy) is 3. The smallest absolute Gasteiger partial charge is 0.355 e. The predicted octanol–water partition coefficient (Wildman–Crippen LogP) is 7.40. The molecule has 0 fully saturated rings. The summed E-state index contributed by atoms with van der Waals surface area (Å²) < 4.78 is 37.7. The highest BCUT2D eigenvalue weighted by Crippen LogP contribution is 2.41. The lowest BCUT2D eigenvalue weighted by molar-refractivity contribution is 0.0512. The van der Waals surface area contributed by atoms with Gasteiger partial charge in [-0.25, -0.2) is 9.18 Å². The second kappa shape index (κ2) is 12.6. The van der Waals surface area contributed by atoms with Crippen LogP contribution in [-0.4, -0.2) is 40.1 Å². The van der Waals surface area contributed by atoms with Crippen molar-refractivity contribution < 1.29 is 23.4 Å². The van der Waals surface area contributed by atoms with E-state index in [2.05, 4.69) is 18.2 Å². The molecule has 8 heteroatoms. The van der Waals surface area contributed by atoms with Crippen LogP contribution >= 0.6 is 0 Å². The third kappa shape index (κ3) is 5.40. The second-order valence-electron chi connectivity index (χ2n) is 11.0. The largest absolute Gasteiger partial charge is 0.493 e. The molecule has 1 aliphatic rings. The van der Waals surface area contributed by atoms with E-state index in [1.807, 2.05) is 60.5 Å². The van der Waals surface area contributed by atoms with Crippen LogP contribution in [0.15, 0.2) is 54.6 Å². The number of hydrogen-bond donors (Lipinski definition) is 0. The lowest BCUT2D eigenvalue weighted by atomic mass is 9.96. The van der Waals surface area contributed by atoms with Gasteiger partial charge in [-0.05, 0) is 68.2 Å². The Balaban J connectivity index is 1.46. The predicted molar refractivity (Wildman–Crippen MR) is 166 cm³/mol. The van der Waals surface area contributed by atoms with Gasteiger partial charge in [-0.2, -0.15) is 5.10 Å². The maximum absolute atomic E-state index is 16.1. The van der Waals surface area contributed by atoms with Crippen molar-refractivity contribution in [3.63, 3.8) is 0 Å². The lowest BCUT2D eigenvalue weighted by Crippen LogP contribution is -2.15. The highest BCUT2D eigenvalue weighted by Gasteiger charge is 2.30. The Hall–Kier alpha value is -4.17. The number of nitrogens with zero attached hydrogens (tertiary/aromatic N) is 3. The molecule has 0 aliphatic carbocycles. The summed E-state index contributed by atoms with van der Waals surface area (Å²) in [5.74, 6) is 0.113. The van der Waals surface area contributed by atoms with E-state index in [1.165, 1.54) is 6.07 Å². The van der Waals surface area contributed by atoms with E-state index >= 15 is 4.39 Å². The van der Waals surface area contributed by atoms with Crippen molar-refractivity contribution in [2.24, 2.45) is 7.05 Å². The summed E-state index contributed by atoms with van der Waals surface area (Å²) in [5.41, 5.74) is 4.97. The fourth-order valence-electron chi connectivity index (χ4n) is 6.45. The van der Waals surface area contributed by atoms with E-state index in [-0.39, 0.29) is 18.4 Å². The molecule has 0 saturated carbocycles. The average molecular weight is 584 g/mol. The van der Waals surface area contributed by atoms with E-state index in [4.69, 9.17) is 19.3 Å². The van der Waals surface area contributed by atoms with Crippen LogP contribution in [0.3, 0.4) is 0 Å². The van der Waals surface area contributed by atoms with Gasteiger partial charge in [-0.3, -0.25) is 4.68 Å². The molecule has 43 heavy (non-hydrogen) atoms. The Morgan fingerprint density at radius 1 is 1.02 bits per heavy atom. The van der Waals surface area contributed by atoms with Gasteiger partial charge in [0.05, 0.1) is 31.0 Å². The van der Waals surface area contributed by atoms with Gasteiger partial charge in [-0.1, -0.05) is 43.3 Å². The zero-order valence-electron chi connectivity index (χ0n) is 25.1. The molecule has 0 bridgehead atoms. The van der Waals surface area contributed by atoms with Crippen LogP contribution in [0.25, 0.3) is 32.8 Å². The highest BCUT2D eigenvalue weighted by molar-refractivity contribution is 6.05. The first-order valence-electron chi connectivity index (χ1n) is 15.3. The zero-order valence-corrected chi connectivity index (χ0v) is 25.1. The molecule has 0 radical (unpaired) electrons. The van der Waals surface area contributed by atoms with E-state index in [0.29, 0.717) is 62.6 Å². The number of carbonyl (C=O) groups excluding carboxylic acids is 1. The monoisotopic (exact) mass is 583 g/mol. The molecule has 224 valence electrons. The minimum atomic E-state index is -0.386. The molecule has 0 atom stereocenters. The molecular formula is C35H38FN3O4. The van der Waals surface area contributed by atoms with Crippen molar-refractivity contribution in [3.8, 4) is 16.9 Å². The van der Waals surface area contributed by atoms with Gasteiger partial charge in [-0.15, -0.1) is 0 Å². The van der Waals surface area contributed by atoms with Crippen molar-refractivity contribution in [1.29, 1.82) is 0 Å². The maximum atomic E-state index is 16.1. The van der Waals surface area contributed by atoms with Gasteiger partial charge in [0.15, 0.2) is 0 Å². The standard InChI is InChI=1S/C35H38FN3O4/c1-4-29-32-28(37-38(29)3)22-41-20-9-8-19-39-33-26(17-18-27(36)31(32)33)25(34(39)35(40)42-5-2)15-11-21-43-30-16-10-13-23-12-6-7-14-24(23)30/h6-7,10,12-14,16-18H,4-5,8-9,11,15,19-22H2,1-3H3. The van der Waals surface area contributed by atoms with Gasteiger partial charge in [0.25, 0.3) is 0 Å². The third-order valence-corrected chi connectivity index (χ3v) is 8.31. The van der Waals surface area contributed by atoms with Gasteiger partial charge < -0.3 is 18.8 Å². The molecular weight excluding hydrogens is 545 g/mol. The van der Waals surface area contributed by atoms with Crippen LogP contribution in [-0.2, 0) is 42.5 Å². The Kier molecular flexibility index (Phi) is 8.47. The molecule has 1 aliphatic heterocycles. The first-order chi connectivity index (χ1) is 21.0. The summed E-state index contributed by atoms with van der Waals surface area (Å²) in [4.78, 5) is 13.6. The van der Waals surface area contributed by atoms with Crippen LogP contribution in [0.5, 0.6) is 5.75 Å².